The first kappa shape index (κ1) is 17.9. The lowest BCUT2D eigenvalue weighted by molar-refractivity contribution is 0.0955. The van der Waals surface area contributed by atoms with Gasteiger partial charge in [0.2, 0.25) is 0 Å². The van der Waals surface area contributed by atoms with E-state index in [1.807, 2.05) is 12.1 Å². The molecule has 1 aromatic heterocycles. The van der Waals surface area contributed by atoms with E-state index in [0.717, 1.165) is 18.5 Å². The number of rotatable bonds is 6. The fourth-order valence-corrected chi connectivity index (χ4v) is 3.79. The van der Waals surface area contributed by atoms with Crippen LogP contribution in [0.4, 0.5) is 0 Å². The molecular weight excluding hydrogens is 520 g/mol. The zero-order chi connectivity index (χ0) is 16.7. The van der Waals surface area contributed by atoms with E-state index in [4.69, 9.17) is 4.74 Å². The Labute approximate surface area is 161 Å². The van der Waals surface area contributed by atoms with Gasteiger partial charge in [0.05, 0.1) is 18.9 Å². The van der Waals surface area contributed by atoms with Gasteiger partial charge in [-0.25, -0.2) is 5.43 Å². The number of halogens is 2. The monoisotopic (exact) mass is 533 g/mol. The molecule has 0 spiro atoms. The molecule has 0 atom stereocenters. The molecule has 1 aromatic carbocycles. The van der Waals surface area contributed by atoms with E-state index in [0.29, 0.717) is 12.2 Å². The van der Waals surface area contributed by atoms with Crippen molar-refractivity contribution in [1.82, 2.24) is 10.4 Å². The molecule has 5 nitrogen and oxygen atoms in total. The minimum Gasteiger partial charge on any atom is -0.487 e. The van der Waals surface area contributed by atoms with Crippen LogP contribution in [0.2, 0.25) is 0 Å². The Kier molecular flexibility index (Phi) is 6.96. The lowest BCUT2D eigenvalue weighted by Crippen LogP contribution is -2.17. The highest BCUT2D eigenvalue weighted by Gasteiger charge is 2.08. The smallest absolute Gasteiger partial charge is 0.272 e. The van der Waals surface area contributed by atoms with Gasteiger partial charge in [-0.1, -0.05) is 12.7 Å². The molecule has 0 bridgehead atoms. The van der Waals surface area contributed by atoms with Crippen LogP contribution in [0.3, 0.4) is 0 Å². The molecule has 0 aliphatic carbocycles. The van der Waals surface area contributed by atoms with Crippen molar-refractivity contribution < 1.29 is 9.53 Å². The van der Waals surface area contributed by atoms with Crippen molar-refractivity contribution in [1.29, 1.82) is 0 Å². The largest absolute Gasteiger partial charge is 0.487 e. The standard InChI is InChI=1S/C16H13I2N3O2/c1-2-6-23-15-13(17)7-11(8-14(15)18)9-20-21-16(22)12-4-3-5-19-10-12/h2-5,7-10H,1,6H2,(H,21,22)/b20-9-. The van der Waals surface area contributed by atoms with Crippen molar-refractivity contribution in [3.8, 4) is 5.75 Å². The quantitative estimate of drug-likeness (QED) is 0.267. The van der Waals surface area contributed by atoms with Gasteiger partial charge in [-0.3, -0.25) is 9.78 Å². The Balaban J connectivity index is 2.05. The number of carbonyl (C=O) groups excluding carboxylic acids is 1. The number of hydrogen-bond donors (Lipinski definition) is 1. The molecule has 2 rings (SSSR count). The third kappa shape index (κ3) is 5.27. The second-order valence-corrected chi connectivity index (χ2v) is 6.68. The third-order valence-electron chi connectivity index (χ3n) is 2.67. The van der Waals surface area contributed by atoms with Crippen LogP contribution in [0.5, 0.6) is 5.75 Å². The average molecular weight is 533 g/mol. The van der Waals surface area contributed by atoms with Crippen LogP contribution in [-0.2, 0) is 0 Å². The van der Waals surface area contributed by atoms with Crippen LogP contribution in [0.15, 0.2) is 54.4 Å². The van der Waals surface area contributed by atoms with Crippen LogP contribution in [0.25, 0.3) is 0 Å². The second kappa shape index (κ2) is 8.96. The van der Waals surface area contributed by atoms with E-state index in [2.05, 4.69) is 67.3 Å². The zero-order valence-electron chi connectivity index (χ0n) is 12.0. The summed E-state index contributed by atoms with van der Waals surface area (Å²) < 4.78 is 7.56. The Hall–Kier alpha value is -1.49. The first-order valence-corrected chi connectivity index (χ1v) is 8.73. The molecule has 0 fully saturated rings. The summed E-state index contributed by atoms with van der Waals surface area (Å²) in [7, 11) is 0. The van der Waals surface area contributed by atoms with Crippen molar-refractivity contribution >= 4 is 57.3 Å². The molecule has 7 heteroatoms. The van der Waals surface area contributed by atoms with Crippen LogP contribution in [0, 0.1) is 7.14 Å². The van der Waals surface area contributed by atoms with Gasteiger partial charge in [-0.2, -0.15) is 5.10 Å². The number of pyridine rings is 1. The van der Waals surface area contributed by atoms with Gasteiger partial charge in [0, 0.05) is 12.4 Å². The summed E-state index contributed by atoms with van der Waals surface area (Å²) >= 11 is 4.41. The number of hydrazone groups is 1. The number of carbonyl (C=O) groups is 1. The molecule has 0 radical (unpaired) electrons. The van der Waals surface area contributed by atoms with E-state index in [1.165, 1.54) is 6.20 Å². The normalized spacial score (nSPS) is 10.5. The highest BCUT2D eigenvalue weighted by Crippen LogP contribution is 2.28. The van der Waals surface area contributed by atoms with Gasteiger partial charge in [0.15, 0.2) is 0 Å². The Morgan fingerprint density at radius 3 is 2.74 bits per heavy atom. The van der Waals surface area contributed by atoms with Crippen LogP contribution < -0.4 is 10.2 Å². The maximum Gasteiger partial charge on any atom is 0.272 e. The maximum atomic E-state index is 11.8. The van der Waals surface area contributed by atoms with E-state index >= 15 is 0 Å². The molecule has 0 saturated carbocycles. The molecule has 118 valence electrons. The summed E-state index contributed by atoms with van der Waals surface area (Å²) in [5.74, 6) is 0.521. The predicted molar refractivity (Wildman–Crippen MR) is 107 cm³/mol. The second-order valence-electron chi connectivity index (χ2n) is 4.35. The Morgan fingerprint density at radius 2 is 2.13 bits per heavy atom. The summed E-state index contributed by atoms with van der Waals surface area (Å²) in [4.78, 5) is 15.7. The first-order valence-electron chi connectivity index (χ1n) is 6.58. The fraction of sp³-hybridized carbons (Fsp3) is 0.0625. The zero-order valence-corrected chi connectivity index (χ0v) is 16.3. The minimum atomic E-state index is -0.301. The topological polar surface area (TPSA) is 63.6 Å². The lowest BCUT2D eigenvalue weighted by atomic mass is 10.2. The predicted octanol–water partition coefficient (Wildman–Crippen LogP) is 3.62. The van der Waals surface area contributed by atoms with Crippen molar-refractivity contribution in [3.63, 3.8) is 0 Å². The average Bonchev–Trinajstić information content (AvgIpc) is 2.55. The Morgan fingerprint density at radius 1 is 1.39 bits per heavy atom. The SMILES string of the molecule is C=CCOc1c(I)cc(/C=N\NC(=O)c2cccnc2)cc1I. The molecular formula is C16H13I2N3O2. The third-order valence-corrected chi connectivity index (χ3v) is 4.27. The molecule has 1 N–H and O–H groups in total. The van der Waals surface area contributed by atoms with Crippen LogP contribution in [0.1, 0.15) is 15.9 Å². The van der Waals surface area contributed by atoms with Gasteiger partial charge in [0.1, 0.15) is 12.4 Å². The number of hydrogen-bond acceptors (Lipinski definition) is 4. The first-order chi connectivity index (χ1) is 11.1. The summed E-state index contributed by atoms with van der Waals surface area (Å²) in [5, 5.41) is 3.98. The summed E-state index contributed by atoms with van der Waals surface area (Å²) in [5.41, 5.74) is 3.81. The molecule has 2 aromatic rings. The number of amides is 1. The molecule has 23 heavy (non-hydrogen) atoms. The van der Waals surface area contributed by atoms with Crippen LogP contribution >= 0.6 is 45.2 Å². The molecule has 0 unspecified atom stereocenters. The lowest BCUT2D eigenvalue weighted by Gasteiger charge is -2.09. The van der Waals surface area contributed by atoms with Gasteiger partial charge >= 0.3 is 0 Å². The summed E-state index contributed by atoms with van der Waals surface area (Å²) in [6, 6.07) is 7.24. The van der Waals surface area contributed by atoms with Gasteiger partial charge in [-0.15, -0.1) is 0 Å². The number of benzene rings is 1. The number of nitrogens with one attached hydrogen (secondary N) is 1. The minimum absolute atomic E-state index is 0.301. The molecule has 0 aliphatic heterocycles. The van der Waals surface area contributed by atoms with Gasteiger partial charge in [-0.05, 0) is 75.0 Å². The van der Waals surface area contributed by atoms with Gasteiger partial charge < -0.3 is 4.74 Å². The Bertz CT molecular complexity index is 710. The number of ether oxygens (including phenoxy) is 1. The van der Waals surface area contributed by atoms with Crippen LogP contribution in [-0.4, -0.2) is 23.7 Å². The van der Waals surface area contributed by atoms with Crippen molar-refractivity contribution in [2.24, 2.45) is 5.10 Å². The molecule has 0 saturated heterocycles. The van der Waals surface area contributed by atoms with E-state index in [-0.39, 0.29) is 5.91 Å². The molecule has 1 heterocycles. The highest BCUT2D eigenvalue weighted by atomic mass is 127. The van der Waals surface area contributed by atoms with Crippen molar-refractivity contribution in [3.05, 3.63) is 67.6 Å². The highest BCUT2D eigenvalue weighted by molar-refractivity contribution is 14.1. The fourth-order valence-electron chi connectivity index (χ4n) is 1.66. The van der Waals surface area contributed by atoms with Crippen molar-refractivity contribution in [2.45, 2.75) is 0 Å². The van der Waals surface area contributed by atoms with Gasteiger partial charge in [0.25, 0.3) is 5.91 Å². The van der Waals surface area contributed by atoms with E-state index < -0.39 is 0 Å². The number of aromatic nitrogens is 1. The number of nitrogens with zero attached hydrogens (tertiary/aromatic N) is 2. The summed E-state index contributed by atoms with van der Waals surface area (Å²) in [6.45, 7) is 4.10. The van der Waals surface area contributed by atoms with E-state index in [9.17, 15) is 4.79 Å². The molecule has 0 aliphatic rings. The molecule has 1 amide bonds. The van der Waals surface area contributed by atoms with E-state index in [1.54, 1.807) is 30.6 Å². The summed E-state index contributed by atoms with van der Waals surface area (Å²) in [6.07, 6.45) is 6.40. The van der Waals surface area contributed by atoms with Crippen molar-refractivity contribution in [2.75, 3.05) is 6.61 Å². The maximum absolute atomic E-state index is 11.8.